The zero-order valence-electron chi connectivity index (χ0n) is 21.4. The highest BCUT2D eigenvalue weighted by molar-refractivity contribution is 5.73. The van der Waals surface area contributed by atoms with Crippen LogP contribution in [-0.4, -0.2) is 120 Å². The van der Waals surface area contributed by atoms with Crippen molar-refractivity contribution in [2.24, 2.45) is 0 Å². The van der Waals surface area contributed by atoms with Gasteiger partial charge in [-0.25, -0.2) is 0 Å². The molecule has 0 aromatic heterocycles. The van der Waals surface area contributed by atoms with Crippen molar-refractivity contribution in [2.75, 3.05) is 13.2 Å². The lowest BCUT2D eigenvalue weighted by Crippen LogP contribution is -2.68. The third kappa shape index (κ3) is 8.31. The number of rotatable bonds is 9. The Hall–Kier alpha value is -2.89. The van der Waals surface area contributed by atoms with Gasteiger partial charge < -0.3 is 53.8 Å². The van der Waals surface area contributed by atoms with Gasteiger partial charge in [0, 0.05) is 34.6 Å². The third-order valence-electron chi connectivity index (χ3n) is 5.48. The lowest BCUT2D eigenvalue weighted by molar-refractivity contribution is -0.343. The molecule has 2 aliphatic rings. The molecule has 16 heteroatoms. The molecule has 4 N–H and O–H groups in total. The van der Waals surface area contributed by atoms with Crippen molar-refractivity contribution in [3.05, 3.63) is 0 Å². The Bertz CT molecular complexity index is 881. The van der Waals surface area contributed by atoms with E-state index in [2.05, 4.69) is 5.32 Å². The number of amides is 1. The second-order valence-electron chi connectivity index (χ2n) is 8.63. The summed E-state index contributed by atoms with van der Waals surface area (Å²) >= 11 is 0. The van der Waals surface area contributed by atoms with Gasteiger partial charge in [-0.3, -0.25) is 24.0 Å². The maximum atomic E-state index is 12.0. The lowest BCUT2D eigenvalue weighted by Gasteiger charge is -2.48. The first-order valence-electron chi connectivity index (χ1n) is 11.6. The highest BCUT2D eigenvalue weighted by atomic mass is 16.7. The number of esters is 4. The number of aliphatic hydroxyl groups excluding tert-OH is 3. The Morgan fingerprint density at radius 1 is 0.737 bits per heavy atom. The van der Waals surface area contributed by atoms with Crippen LogP contribution in [0.15, 0.2) is 0 Å². The Balaban J connectivity index is 2.54. The van der Waals surface area contributed by atoms with Crippen LogP contribution in [0.1, 0.15) is 34.6 Å². The molecule has 0 aliphatic carbocycles. The van der Waals surface area contributed by atoms with E-state index >= 15 is 0 Å². The first-order valence-corrected chi connectivity index (χ1v) is 11.6. The topological polar surface area (TPSA) is 223 Å². The maximum Gasteiger partial charge on any atom is 0.303 e. The molecule has 216 valence electrons. The van der Waals surface area contributed by atoms with Crippen LogP contribution in [0.3, 0.4) is 0 Å². The van der Waals surface area contributed by atoms with E-state index in [-0.39, 0.29) is 0 Å². The van der Waals surface area contributed by atoms with Gasteiger partial charge in [-0.1, -0.05) is 0 Å². The Morgan fingerprint density at radius 3 is 1.79 bits per heavy atom. The van der Waals surface area contributed by atoms with Gasteiger partial charge in [0.2, 0.25) is 5.91 Å². The van der Waals surface area contributed by atoms with Gasteiger partial charge >= 0.3 is 23.9 Å². The molecule has 0 bridgehead atoms. The van der Waals surface area contributed by atoms with Gasteiger partial charge in [-0.15, -0.1) is 0 Å². The molecule has 0 aromatic carbocycles. The number of hydrogen-bond acceptors (Lipinski definition) is 15. The molecule has 38 heavy (non-hydrogen) atoms. The second-order valence-corrected chi connectivity index (χ2v) is 8.63. The maximum absolute atomic E-state index is 12.0. The minimum atomic E-state index is -1.75. The van der Waals surface area contributed by atoms with Gasteiger partial charge in [-0.05, 0) is 0 Å². The predicted octanol–water partition coefficient (Wildman–Crippen LogP) is -2.97. The summed E-state index contributed by atoms with van der Waals surface area (Å²) in [7, 11) is 0. The summed E-state index contributed by atoms with van der Waals surface area (Å²) in [6, 6.07) is -1.41. The smallest absolute Gasteiger partial charge is 0.303 e. The number of ether oxygens (including phenoxy) is 7. The number of carbonyl (C=O) groups is 5. The minimum Gasteiger partial charge on any atom is -0.463 e. The summed E-state index contributed by atoms with van der Waals surface area (Å²) in [5, 5.41) is 33.1. The fourth-order valence-electron chi connectivity index (χ4n) is 4.09. The first kappa shape index (κ1) is 31.3. The summed E-state index contributed by atoms with van der Waals surface area (Å²) in [6.07, 6.45) is -14.0. The number of hydrogen-bond donors (Lipinski definition) is 4. The number of carbonyl (C=O) groups excluding carboxylic acids is 5. The van der Waals surface area contributed by atoms with E-state index in [4.69, 9.17) is 33.2 Å². The largest absolute Gasteiger partial charge is 0.463 e. The van der Waals surface area contributed by atoms with E-state index < -0.39 is 104 Å². The first-order chi connectivity index (χ1) is 17.7. The molecular weight excluding hydrogens is 518 g/mol. The van der Waals surface area contributed by atoms with E-state index in [1.54, 1.807) is 0 Å². The summed E-state index contributed by atoms with van der Waals surface area (Å²) in [5.74, 6) is -3.94. The van der Waals surface area contributed by atoms with Crippen molar-refractivity contribution < 1.29 is 72.5 Å². The van der Waals surface area contributed by atoms with Crippen molar-refractivity contribution in [2.45, 2.75) is 96.0 Å². The molecule has 1 amide bonds. The van der Waals surface area contributed by atoms with E-state index in [1.165, 1.54) is 0 Å². The fraction of sp³-hybridized carbons (Fsp3) is 0.773. The van der Waals surface area contributed by atoms with E-state index in [0.717, 1.165) is 34.6 Å². The van der Waals surface area contributed by atoms with Crippen LogP contribution in [0.4, 0.5) is 0 Å². The van der Waals surface area contributed by atoms with Gasteiger partial charge in [0.05, 0.1) is 6.61 Å². The zero-order chi connectivity index (χ0) is 28.7. The average molecular weight is 551 g/mol. The Morgan fingerprint density at radius 2 is 1.29 bits per heavy atom. The van der Waals surface area contributed by atoms with Crippen molar-refractivity contribution in [1.29, 1.82) is 0 Å². The van der Waals surface area contributed by atoms with Gasteiger partial charge in [0.25, 0.3) is 0 Å². The molecule has 16 nitrogen and oxygen atoms in total. The summed E-state index contributed by atoms with van der Waals surface area (Å²) in [5.41, 5.74) is 0. The van der Waals surface area contributed by atoms with Crippen LogP contribution in [0.25, 0.3) is 0 Å². The SMILES string of the molecule is CC(=O)N[C@H]1C(O[C@@H]2OC(COC(C)=O)[C@H](OC(C)=O)C(OC(C)=O)[C@@H]2OC(C)=O)[C@H](O)C(CO)O[C@H]1O. The van der Waals surface area contributed by atoms with E-state index in [1.807, 2.05) is 0 Å². The van der Waals surface area contributed by atoms with Crippen molar-refractivity contribution in [3.63, 3.8) is 0 Å². The zero-order valence-corrected chi connectivity index (χ0v) is 21.4. The molecule has 4 unspecified atom stereocenters. The van der Waals surface area contributed by atoms with Crippen molar-refractivity contribution >= 4 is 29.8 Å². The molecule has 2 fully saturated rings. The summed E-state index contributed by atoms with van der Waals surface area (Å²) in [4.78, 5) is 59.0. The van der Waals surface area contributed by atoms with Gasteiger partial charge in [-0.2, -0.15) is 0 Å². The fourth-order valence-corrected chi connectivity index (χ4v) is 4.09. The number of aliphatic hydroxyl groups is 3. The van der Waals surface area contributed by atoms with Gasteiger partial charge in [0.15, 0.2) is 30.9 Å². The van der Waals surface area contributed by atoms with Crippen LogP contribution >= 0.6 is 0 Å². The van der Waals surface area contributed by atoms with E-state index in [9.17, 15) is 39.3 Å². The molecule has 0 radical (unpaired) electrons. The molecule has 0 spiro atoms. The van der Waals surface area contributed by atoms with Crippen LogP contribution in [0.2, 0.25) is 0 Å². The highest BCUT2D eigenvalue weighted by Gasteiger charge is 2.55. The van der Waals surface area contributed by atoms with E-state index in [0.29, 0.717) is 0 Å². The van der Waals surface area contributed by atoms with Crippen LogP contribution in [0, 0.1) is 0 Å². The summed E-state index contributed by atoms with van der Waals surface area (Å²) in [6.45, 7) is 4.10. The lowest BCUT2D eigenvalue weighted by atomic mass is 9.95. The van der Waals surface area contributed by atoms with Crippen LogP contribution in [0.5, 0.6) is 0 Å². The van der Waals surface area contributed by atoms with Crippen LogP contribution in [-0.2, 0) is 57.1 Å². The van der Waals surface area contributed by atoms with Crippen LogP contribution < -0.4 is 5.32 Å². The predicted molar refractivity (Wildman–Crippen MR) is 118 cm³/mol. The molecule has 0 saturated carbocycles. The molecule has 0 aromatic rings. The molecule has 2 heterocycles. The monoisotopic (exact) mass is 551 g/mol. The standard InChI is InChI=1S/C22H33NO15/c1-8(25)23-15-18(16(30)13(6-24)36-21(15)31)38-22-20(35-12(5)29)19(34-11(4)28)17(33-10(3)27)14(37-22)7-32-9(2)26/h13-22,24,30-31H,6-7H2,1-5H3,(H,23,25)/t13?,14?,15-,16+,17-,18?,19?,20-,21+,22-/m0/s1. The number of nitrogens with one attached hydrogen (secondary N) is 1. The second kappa shape index (κ2) is 13.8. The van der Waals surface area contributed by atoms with Crippen molar-refractivity contribution in [1.82, 2.24) is 5.32 Å². The molecule has 2 saturated heterocycles. The average Bonchev–Trinajstić information content (AvgIpc) is 2.79. The molecular formula is C22H33NO15. The quantitative estimate of drug-likeness (QED) is 0.166. The Labute approximate surface area is 217 Å². The normalized spacial score (nSPS) is 34.9. The summed E-state index contributed by atoms with van der Waals surface area (Å²) < 4.78 is 37.7. The van der Waals surface area contributed by atoms with Crippen molar-refractivity contribution in [3.8, 4) is 0 Å². The molecule has 10 atom stereocenters. The Kier molecular flexibility index (Phi) is 11.4. The third-order valence-corrected chi connectivity index (χ3v) is 5.48. The highest BCUT2D eigenvalue weighted by Crippen LogP contribution is 2.33. The molecule has 2 aliphatic heterocycles. The molecule has 2 rings (SSSR count). The minimum absolute atomic E-state index is 0.523. The van der Waals surface area contributed by atoms with Gasteiger partial charge in [0.1, 0.15) is 37.1 Å².